The largest absolute Gasteiger partial charge is 0.361 e. The first-order valence-electron chi connectivity index (χ1n) is 6.88. The Bertz CT molecular complexity index is 707. The Labute approximate surface area is 126 Å². The number of sulfone groups is 1. The van der Waals surface area contributed by atoms with Gasteiger partial charge < -0.3 is 4.52 Å². The molecule has 4 nitrogen and oxygen atoms in total. The maximum atomic E-state index is 12.2. The molecule has 0 N–H and O–H groups in total. The fraction of sp³-hybridized carbons (Fsp3) is 0.438. The van der Waals surface area contributed by atoms with Crippen LogP contribution >= 0.6 is 0 Å². The van der Waals surface area contributed by atoms with E-state index < -0.39 is 9.84 Å². The molecular weight excluding hydrogens is 286 g/mol. The van der Waals surface area contributed by atoms with E-state index >= 15 is 0 Å². The van der Waals surface area contributed by atoms with Gasteiger partial charge in [-0.05, 0) is 23.5 Å². The van der Waals surface area contributed by atoms with Crippen LogP contribution in [0.1, 0.15) is 43.4 Å². The van der Waals surface area contributed by atoms with Crippen LogP contribution in [0.3, 0.4) is 0 Å². The Hall–Kier alpha value is -1.62. The number of hydrogen-bond acceptors (Lipinski definition) is 4. The summed E-state index contributed by atoms with van der Waals surface area (Å²) in [5.41, 5.74) is 2.51. The van der Waals surface area contributed by atoms with Gasteiger partial charge in [0.15, 0.2) is 9.84 Å². The first-order chi connectivity index (χ1) is 9.66. The molecule has 1 aromatic carbocycles. The molecule has 0 saturated carbocycles. The highest BCUT2D eigenvalue weighted by Gasteiger charge is 2.17. The van der Waals surface area contributed by atoms with Gasteiger partial charge in [0.1, 0.15) is 5.76 Å². The van der Waals surface area contributed by atoms with Gasteiger partial charge in [0, 0.05) is 6.07 Å². The molecule has 2 rings (SSSR count). The Kier molecular flexibility index (Phi) is 4.23. The maximum Gasteiger partial charge on any atom is 0.160 e. The van der Waals surface area contributed by atoms with Gasteiger partial charge in [-0.3, -0.25) is 0 Å². The molecule has 0 atom stereocenters. The second-order valence-electron chi connectivity index (χ2n) is 6.41. The molecule has 0 aliphatic rings. The fourth-order valence-electron chi connectivity index (χ4n) is 2.12. The topological polar surface area (TPSA) is 60.2 Å². The van der Waals surface area contributed by atoms with Crippen LogP contribution in [-0.2, 0) is 26.8 Å². The molecule has 0 radical (unpaired) electrons. The van der Waals surface area contributed by atoms with E-state index in [9.17, 15) is 8.42 Å². The van der Waals surface area contributed by atoms with Crippen molar-refractivity contribution in [1.29, 1.82) is 0 Å². The van der Waals surface area contributed by atoms with E-state index in [1.54, 1.807) is 13.0 Å². The average Bonchev–Trinajstić information content (AvgIpc) is 2.72. The number of nitrogens with zero attached hydrogens (tertiary/aromatic N) is 1. The molecule has 0 fully saturated rings. The third-order valence-corrected chi connectivity index (χ3v) is 4.76. The third kappa shape index (κ3) is 4.43. The molecule has 1 heterocycles. The molecule has 0 saturated heterocycles. The van der Waals surface area contributed by atoms with Crippen molar-refractivity contribution in [3.8, 4) is 0 Å². The first-order valence-corrected chi connectivity index (χ1v) is 8.70. The summed E-state index contributed by atoms with van der Waals surface area (Å²) in [6.45, 7) is 8.14. The summed E-state index contributed by atoms with van der Waals surface area (Å²) in [5, 5.41) is 3.73. The summed E-state index contributed by atoms with van der Waals surface area (Å²) in [6, 6.07) is 9.40. The predicted molar refractivity (Wildman–Crippen MR) is 82.7 cm³/mol. The number of benzene rings is 1. The van der Waals surface area contributed by atoms with E-state index in [1.165, 1.54) is 5.56 Å². The molecule has 114 valence electrons. The van der Waals surface area contributed by atoms with Crippen molar-refractivity contribution in [2.75, 3.05) is 0 Å². The molecule has 0 aliphatic carbocycles. The van der Waals surface area contributed by atoms with Crippen LogP contribution in [0.25, 0.3) is 0 Å². The number of aryl methyl sites for hydroxylation is 1. The lowest BCUT2D eigenvalue weighted by molar-refractivity contribution is 0.392. The lowest BCUT2D eigenvalue weighted by Crippen LogP contribution is -2.11. The van der Waals surface area contributed by atoms with E-state index in [4.69, 9.17) is 4.52 Å². The van der Waals surface area contributed by atoms with Crippen molar-refractivity contribution < 1.29 is 12.9 Å². The average molecular weight is 307 g/mol. The SMILES string of the molecule is Cc1cc(CS(=O)(=O)Cc2ccc(C(C)(C)C)cc2)no1. The van der Waals surface area contributed by atoms with Gasteiger partial charge in [0.25, 0.3) is 0 Å². The Balaban J connectivity index is 2.10. The number of hydrogen-bond donors (Lipinski definition) is 0. The van der Waals surface area contributed by atoms with Crippen LogP contribution in [0.2, 0.25) is 0 Å². The summed E-state index contributed by atoms with van der Waals surface area (Å²) < 4.78 is 29.3. The molecule has 0 spiro atoms. The van der Waals surface area contributed by atoms with E-state index in [1.807, 2.05) is 24.3 Å². The highest BCUT2D eigenvalue weighted by molar-refractivity contribution is 7.89. The van der Waals surface area contributed by atoms with E-state index in [-0.39, 0.29) is 16.9 Å². The minimum absolute atomic E-state index is 0.0172. The number of rotatable bonds is 4. The Morgan fingerprint density at radius 1 is 1.10 bits per heavy atom. The zero-order valence-corrected chi connectivity index (χ0v) is 13.7. The van der Waals surface area contributed by atoms with Crippen LogP contribution in [0.4, 0.5) is 0 Å². The summed E-state index contributed by atoms with van der Waals surface area (Å²) >= 11 is 0. The van der Waals surface area contributed by atoms with Crippen LogP contribution in [0, 0.1) is 6.92 Å². The van der Waals surface area contributed by atoms with Gasteiger partial charge in [-0.1, -0.05) is 50.2 Å². The monoisotopic (exact) mass is 307 g/mol. The molecule has 0 bridgehead atoms. The minimum atomic E-state index is -3.25. The predicted octanol–water partition coefficient (Wildman–Crippen LogP) is 3.40. The van der Waals surface area contributed by atoms with Crippen LogP contribution in [0.15, 0.2) is 34.9 Å². The fourth-order valence-corrected chi connectivity index (χ4v) is 3.51. The van der Waals surface area contributed by atoms with Gasteiger partial charge in [0.2, 0.25) is 0 Å². The number of aromatic nitrogens is 1. The second-order valence-corrected chi connectivity index (χ2v) is 8.47. The quantitative estimate of drug-likeness (QED) is 0.868. The molecule has 0 unspecified atom stereocenters. The van der Waals surface area contributed by atoms with Crippen molar-refractivity contribution in [3.63, 3.8) is 0 Å². The summed E-state index contributed by atoms with van der Waals surface area (Å²) in [7, 11) is -3.25. The van der Waals surface area contributed by atoms with E-state index in [0.717, 1.165) is 5.56 Å². The first kappa shape index (κ1) is 15.8. The maximum absolute atomic E-state index is 12.2. The van der Waals surface area contributed by atoms with E-state index in [0.29, 0.717) is 11.5 Å². The lowest BCUT2D eigenvalue weighted by atomic mass is 9.87. The van der Waals surface area contributed by atoms with Crippen molar-refractivity contribution in [2.24, 2.45) is 0 Å². The van der Waals surface area contributed by atoms with Crippen molar-refractivity contribution >= 4 is 9.84 Å². The van der Waals surface area contributed by atoms with Gasteiger partial charge >= 0.3 is 0 Å². The minimum Gasteiger partial charge on any atom is -0.361 e. The standard InChI is InChI=1S/C16H21NO3S/c1-12-9-15(17-20-12)11-21(18,19)10-13-5-7-14(8-6-13)16(2,3)4/h5-9H,10-11H2,1-4H3. The Morgan fingerprint density at radius 3 is 2.19 bits per heavy atom. The molecule has 5 heteroatoms. The molecule has 0 amide bonds. The normalized spacial score (nSPS) is 12.6. The molecule has 0 aliphatic heterocycles. The van der Waals surface area contributed by atoms with Gasteiger partial charge in [-0.25, -0.2) is 8.42 Å². The van der Waals surface area contributed by atoms with Gasteiger partial charge in [-0.2, -0.15) is 0 Å². The van der Waals surface area contributed by atoms with Crippen LogP contribution in [-0.4, -0.2) is 13.6 Å². The summed E-state index contributed by atoms with van der Waals surface area (Å²) in [5.74, 6) is 0.545. The van der Waals surface area contributed by atoms with Crippen LogP contribution in [0.5, 0.6) is 0 Å². The highest BCUT2D eigenvalue weighted by Crippen LogP contribution is 2.23. The Morgan fingerprint density at radius 2 is 1.71 bits per heavy atom. The van der Waals surface area contributed by atoms with E-state index in [2.05, 4.69) is 25.9 Å². The molecule has 2 aromatic rings. The lowest BCUT2D eigenvalue weighted by Gasteiger charge is -2.19. The van der Waals surface area contributed by atoms with Crippen molar-refractivity contribution in [3.05, 3.63) is 52.9 Å². The molecular formula is C16H21NO3S. The van der Waals surface area contributed by atoms with Crippen LogP contribution < -0.4 is 0 Å². The summed E-state index contributed by atoms with van der Waals surface area (Å²) in [6.07, 6.45) is 0. The molecule has 1 aromatic heterocycles. The molecule has 21 heavy (non-hydrogen) atoms. The van der Waals surface area contributed by atoms with Gasteiger partial charge in [-0.15, -0.1) is 0 Å². The highest BCUT2D eigenvalue weighted by atomic mass is 32.2. The van der Waals surface area contributed by atoms with Crippen molar-refractivity contribution in [1.82, 2.24) is 5.16 Å². The van der Waals surface area contributed by atoms with Gasteiger partial charge in [0.05, 0.1) is 17.2 Å². The smallest absolute Gasteiger partial charge is 0.160 e. The zero-order chi connectivity index (χ0) is 15.7. The zero-order valence-electron chi connectivity index (χ0n) is 12.9. The third-order valence-electron chi connectivity index (χ3n) is 3.25. The van der Waals surface area contributed by atoms with Crippen molar-refractivity contribution in [2.45, 2.75) is 44.6 Å². The summed E-state index contributed by atoms with van der Waals surface area (Å²) in [4.78, 5) is 0. The second kappa shape index (κ2) is 5.64.